The minimum Gasteiger partial charge on any atom is -0.480 e. The van der Waals surface area contributed by atoms with Gasteiger partial charge in [0.1, 0.15) is 34.0 Å². The fourth-order valence-electron chi connectivity index (χ4n) is 6.82. The van der Waals surface area contributed by atoms with Crippen molar-refractivity contribution in [3.63, 3.8) is 0 Å². The molecule has 0 saturated carbocycles. The maximum absolute atomic E-state index is 13.4. The Morgan fingerprint density at radius 3 is 1.22 bits per heavy atom. The number of carboxylic acid groups (broad SMARTS) is 2. The number of aliphatic hydroxyl groups excluding tert-OH is 2. The van der Waals surface area contributed by atoms with Crippen molar-refractivity contribution in [2.24, 2.45) is 0 Å². The average molecular weight is 925 g/mol. The second kappa shape index (κ2) is 20.5. The van der Waals surface area contributed by atoms with Crippen LogP contribution in [0.25, 0.3) is 20.4 Å². The largest absolute Gasteiger partial charge is 0.480 e. The van der Waals surface area contributed by atoms with Crippen LogP contribution in [0.15, 0.2) is 79.8 Å². The van der Waals surface area contributed by atoms with Crippen LogP contribution in [0.4, 0.5) is 0 Å². The van der Waals surface area contributed by atoms with Crippen molar-refractivity contribution in [3.05, 3.63) is 134 Å². The normalized spacial score (nSPS) is 12.9. The number of rotatable bonds is 18. The molecule has 0 aliphatic rings. The molecule has 0 bridgehead atoms. The summed E-state index contributed by atoms with van der Waals surface area (Å²) in [6.07, 6.45) is -2.08. The van der Waals surface area contributed by atoms with E-state index < -0.39 is 57.7 Å². The summed E-state index contributed by atoms with van der Waals surface area (Å²) in [5, 5.41) is 41.4. The molecule has 18 nitrogen and oxygen atoms in total. The third-order valence-corrected chi connectivity index (χ3v) is 13.2. The zero-order valence-electron chi connectivity index (χ0n) is 36.6. The number of aliphatic carboxylic acids is 2. The number of hydrogen-bond donors (Lipinski definition) is 4. The van der Waals surface area contributed by atoms with Crippen LogP contribution in [0.1, 0.15) is 85.8 Å². The van der Waals surface area contributed by atoms with Crippen LogP contribution in [0.2, 0.25) is 0 Å². The first-order chi connectivity index (χ1) is 30.2. The Bertz CT molecular complexity index is 2680. The Hall–Kier alpha value is -5.58. The van der Waals surface area contributed by atoms with E-state index in [1.165, 1.54) is 59.5 Å². The zero-order valence-corrected chi connectivity index (χ0v) is 38.3. The molecule has 0 spiro atoms. The Morgan fingerprint density at radius 1 is 0.594 bits per heavy atom. The molecule has 20 heteroatoms. The molecule has 0 radical (unpaired) electrons. The SMILES string of the molecule is CCOOCc1sc2c(c1C)c(=O)n(C(C)(C)C(=O)O)c(=O)n2C[C@@H](O)c1ccccc1.CCOOCc1sc2c(c1C)c(=O)n(C(C)(C)C(=O)O)c(=O)n2C[C@H](O)c1ccccc1. The van der Waals surface area contributed by atoms with Gasteiger partial charge in [0.15, 0.2) is 0 Å². The lowest BCUT2D eigenvalue weighted by atomic mass is 10.1. The van der Waals surface area contributed by atoms with Gasteiger partial charge in [-0.3, -0.25) is 18.7 Å². The zero-order chi connectivity index (χ0) is 47.3. The number of carbonyl (C=O) groups is 2. The minimum absolute atomic E-state index is 0.0657. The summed E-state index contributed by atoms with van der Waals surface area (Å²) in [5.41, 5.74) is -4.24. The minimum atomic E-state index is -1.79. The molecule has 4 heterocycles. The number of hydrogen-bond acceptors (Lipinski definition) is 14. The van der Waals surface area contributed by atoms with E-state index in [1.807, 2.05) is 12.1 Å². The topological polar surface area (TPSA) is 240 Å². The van der Waals surface area contributed by atoms with E-state index in [-0.39, 0.29) is 37.1 Å². The Labute approximate surface area is 374 Å². The fraction of sp³-hybridized carbons (Fsp3) is 0.409. The lowest BCUT2D eigenvalue weighted by Gasteiger charge is -2.24. The third-order valence-electron chi connectivity index (χ3n) is 10.6. The van der Waals surface area contributed by atoms with Gasteiger partial charge in [0, 0.05) is 9.75 Å². The van der Waals surface area contributed by atoms with Gasteiger partial charge in [0.25, 0.3) is 11.1 Å². The van der Waals surface area contributed by atoms with Crippen molar-refractivity contribution in [2.45, 2.75) is 105 Å². The highest BCUT2D eigenvalue weighted by molar-refractivity contribution is 7.19. The maximum atomic E-state index is 13.4. The highest BCUT2D eigenvalue weighted by Gasteiger charge is 2.37. The lowest BCUT2D eigenvalue weighted by molar-refractivity contribution is -0.300. The second-order valence-electron chi connectivity index (χ2n) is 15.6. The summed E-state index contributed by atoms with van der Waals surface area (Å²) < 4.78 is 4.01. The Balaban J connectivity index is 0.000000241. The van der Waals surface area contributed by atoms with Crippen LogP contribution >= 0.6 is 22.7 Å². The lowest BCUT2D eigenvalue weighted by Crippen LogP contribution is -2.52. The van der Waals surface area contributed by atoms with E-state index >= 15 is 0 Å². The first kappa shape index (κ1) is 49.4. The summed E-state index contributed by atoms with van der Waals surface area (Å²) in [6, 6.07) is 17.6. The predicted molar refractivity (Wildman–Crippen MR) is 240 cm³/mol. The number of nitrogens with zero attached hydrogens (tertiary/aromatic N) is 4. The van der Waals surface area contributed by atoms with Crippen LogP contribution in [0.3, 0.4) is 0 Å². The standard InChI is InChI=1S/2C22H26N2O7S/c2*1-5-30-31-12-16-13(2)17-18(26)24(22(3,4)20(27)28)21(29)23(19(17)32-16)11-15(25)14-9-7-6-8-10-14/h2*6-10,15,25H,5,11-12H2,1-4H3,(H,27,28)/t2*15-/m10/s1. The molecule has 64 heavy (non-hydrogen) atoms. The number of aliphatic hydroxyl groups is 2. The smallest absolute Gasteiger partial charge is 0.333 e. The number of aromatic nitrogens is 4. The number of carboxylic acids is 2. The van der Waals surface area contributed by atoms with Gasteiger partial charge < -0.3 is 20.4 Å². The van der Waals surface area contributed by atoms with E-state index in [0.717, 1.165) is 9.13 Å². The Morgan fingerprint density at radius 2 is 0.922 bits per heavy atom. The van der Waals surface area contributed by atoms with Gasteiger partial charge in [-0.15, -0.1) is 22.7 Å². The van der Waals surface area contributed by atoms with E-state index in [0.29, 0.717) is 54.9 Å². The molecular formula is C44H52N4O14S2. The maximum Gasteiger partial charge on any atom is 0.333 e. The number of aryl methyl sites for hydroxylation is 2. The van der Waals surface area contributed by atoms with Crippen molar-refractivity contribution in [3.8, 4) is 0 Å². The van der Waals surface area contributed by atoms with Crippen molar-refractivity contribution < 1.29 is 49.6 Å². The van der Waals surface area contributed by atoms with Crippen LogP contribution in [0.5, 0.6) is 0 Å². The van der Waals surface area contributed by atoms with Crippen molar-refractivity contribution >= 4 is 55.0 Å². The number of thiophene rings is 2. The third kappa shape index (κ3) is 9.88. The molecule has 2 atom stereocenters. The quantitative estimate of drug-likeness (QED) is 0.0498. The van der Waals surface area contributed by atoms with E-state index in [9.17, 15) is 49.2 Å². The highest BCUT2D eigenvalue weighted by atomic mass is 32.1. The van der Waals surface area contributed by atoms with Gasteiger partial charge in [-0.25, -0.2) is 47.9 Å². The number of benzene rings is 2. The molecule has 0 amide bonds. The molecule has 4 N–H and O–H groups in total. The van der Waals surface area contributed by atoms with E-state index in [2.05, 4.69) is 0 Å². The molecule has 2 aromatic carbocycles. The fourth-order valence-corrected chi connectivity index (χ4v) is 9.23. The van der Waals surface area contributed by atoms with Crippen LogP contribution in [-0.4, -0.2) is 63.8 Å². The first-order valence-electron chi connectivity index (χ1n) is 20.2. The van der Waals surface area contributed by atoms with Crippen molar-refractivity contribution in [2.75, 3.05) is 13.2 Å². The van der Waals surface area contributed by atoms with Gasteiger partial charge in [0.05, 0.1) is 49.3 Å². The van der Waals surface area contributed by atoms with Gasteiger partial charge in [0.2, 0.25) is 0 Å². The van der Waals surface area contributed by atoms with Crippen molar-refractivity contribution in [1.29, 1.82) is 0 Å². The molecule has 6 aromatic rings. The predicted octanol–water partition coefficient (Wildman–Crippen LogP) is 5.11. The summed E-state index contributed by atoms with van der Waals surface area (Å²) in [5.74, 6) is -2.64. The monoisotopic (exact) mass is 924 g/mol. The molecule has 0 unspecified atom stereocenters. The Kier molecular flexibility index (Phi) is 15.8. The van der Waals surface area contributed by atoms with Crippen LogP contribution in [-0.2, 0) is 66.5 Å². The second-order valence-corrected chi connectivity index (χ2v) is 17.8. The summed E-state index contributed by atoms with van der Waals surface area (Å²) >= 11 is 2.36. The van der Waals surface area contributed by atoms with Gasteiger partial charge in [-0.05, 0) is 77.6 Å². The van der Waals surface area contributed by atoms with E-state index in [4.69, 9.17) is 19.6 Å². The number of fused-ring (bicyclic) bond motifs is 2. The summed E-state index contributed by atoms with van der Waals surface area (Å²) in [7, 11) is 0. The van der Waals surface area contributed by atoms with Crippen molar-refractivity contribution in [1.82, 2.24) is 18.3 Å². The average Bonchev–Trinajstić information content (AvgIpc) is 3.77. The van der Waals surface area contributed by atoms with Crippen LogP contribution < -0.4 is 22.5 Å². The molecule has 0 saturated heterocycles. The molecule has 0 fully saturated rings. The van der Waals surface area contributed by atoms with E-state index in [1.54, 1.807) is 76.2 Å². The molecular weight excluding hydrogens is 873 g/mol. The molecule has 4 aromatic heterocycles. The summed E-state index contributed by atoms with van der Waals surface area (Å²) in [6.45, 7) is 12.7. The summed E-state index contributed by atoms with van der Waals surface area (Å²) in [4.78, 5) is 99.5. The van der Waals surface area contributed by atoms with Crippen LogP contribution in [0, 0.1) is 13.8 Å². The van der Waals surface area contributed by atoms with Gasteiger partial charge in [-0.1, -0.05) is 60.7 Å². The molecule has 0 aliphatic carbocycles. The molecule has 344 valence electrons. The molecule has 6 rings (SSSR count). The van der Waals surface area contributed by atoms with Gasteiger partial charge in [-0.2, -0.15) is 0 Å². The van der Waals surface area contributed by atoms with Gasteiger partial charge >= 0.3 is 23.3 Å². The highest BCUT2D eigenvalue weighted by Crippen LogP contribution is 2.32. The first-order valence-corrected chi connectivity index (χ1v) is 21.8. The molecule has 0 aliphatic heterocycles.